The van der Waals surface area contributed by atoms with Crippen molar-refractivity contribution in [2.24, 2.45) is 5.92 Å². The van der Waals surface area contributed by atoms with Crippen molar-refractivity contribution in [1.82, 2.24) is 11.1 Å². The summed E-state index contributed by atoms with van der Waals surface area (Å²) in [6, 6.07) is 5.20. The van der Waals surface area contributed by atoms with Gasteiger partial charge in [-0.05, 0) is 30.0 Å². The molecule has 17 heavy (non-hydrogen) atoms. The molecule has 0 saturated carbocycles. The number of aromatic amines is 1. The van der Waals surface area contributed by atoms with Crippen LogP contribution in [0.15, 0.2) is 24.4 Å². The SMILES string of the molecule is CCC(CC)Cc1c[nH]c2cccc(F)c12.N. The second-order valence-corrected chi connectivity index (χ2v) is 4.36. The van der Waals surface area contributed by atoms with Crippen LogP contribution in [-0.4, -0.2) is 4.98 Å². The van der Waals surface area contributed by atoms with E-state index in [1.54, 1.807) is 6.07 Å². The first kappa shape index (κ1) is 13.7. The van der Waals surface area contributed by atoms with E-state index in [0.717, 1.165) is 35.7 Å². The molecule has 0 aliphatic carbocycles. The third-order valence-corrected chi connectivity index (χ3v) is 3.40. The predicted molar refractivity (Wildman–Crippen MR) is 71.1 cm³/mol. The van der Waals surface area contributed by atoms with Crippen LogP contribution in [-0.2, 0) is 6.42 Å². The molecule has 4 N–H and O–H groups in total. The maximum absolute atomic E-state index is 13.7. The van der Waals surface area contributed by atoms with Gasteiger partial charge in [-0.15, -0.1) is 0 Å². The lowest BCUT2D eigenvalue weighted by Crippen LogP contribution is -2.01. The third-order valence-electron chi connectivity index (χ3n) is 3.40. The van der Waals surface area contributed by atoms with E-state index >= 15 is 0 Å². The molecule has 3 heteroatoms. The van der Waals surface area contributed by atoms with E-state index in [9.17, 15) is 4.39 Å². The lowest BCUT2D eigenvalue weighted by atomic mass is 9.94. The van der Waals surface area contributed by atoms with Crippen molar-refractivity contribution in [1.29, 1.82) is 0 Å². The molecule has 0 bridgehead atoms. The number of nitrogens with one attached hydrogen (secondary N) is 1. The Balaban J connectivity index is 0.00000144. The van der Waals surface area contributed by atoms with E-state index in [2.05, 4.69) is 18.8 Å². The van der Waals surface area contributed by atoms with Crippen LogP contribution in [0.1, 0.15) is 32.3 Å². The molecule has 0 spiro atoms. The second-order valence-electron chi connectivity index (χ2n) is 4.36. The van der Waals surface area contributed by atoms with Crippen LogP contribution < -0.4 is 6.15 Å². The Labute approximate surface area is 102 Å². The zero-order valence-electron chi connectivity index (χ0n) is 10.6. The van der Waals surface area contributed by atoms with Gasteiger partial charge in [0.2, 0.25) is 0 Å². The fraction of sp³-hybridized carbons (Fsp3) is 0.429. The number of rotatable bonds is 4. The fourth-order valence-electron chi connectivity index (χ4n) is 2.26. The minimum atomic E-state index is -0.111. The van der Waals surface area contributed by atoms with Gasteiger partial charge in [0.05, 0.1) is 0 Å². The Morgan fingerprint density at radius 3 is 2.59 bits per heavy atom. The van der Waals surface area contributed by atoms with E-state index < -0.39 is 0 Å². The highest BCUT2D eigenvalue weighted by molar-refractivity contribution is 5.83. The number of aromatic nitrogens is 1. The summed E-state index contributed by atoms with van der Waals surface area (Å²) in [7, 11) is 0. The highest BCUT2D eigenvalue weighted by Gasteiger charge is 2.12. The average Bonchev–Trinajstić information content (AvgIpc) is 2.70. The Morgan fingerprint density at radius 1 is 1.24 bits per heavy atom. The lowest BCUT2D eigenvalue weighted by molar-refractivity contribution is 0.491. The molecule has 0 fully saturated rings. The van der Waals surface area contributed by atoms with Crippen molar-refractivity contribution in [3.63, 3.8) is 0 Å². The molecule has 0 saturated heterocycles. The summed E-state index contributed by atoms with van der Waals surface area (Å²) in [5.41, 5.74) is 2.02. The molecule has 0 unspecified atom stereocenters. The maximum atomic E-state index is 13.7. The number of fused-ring (bicyclic) bond motifs is 1. The summed E-state index contributed by atoms with van der Waals surface area (Å²) < 4.78 is 13.7. The van der Waals surface area contributed by atoms with Crippen LogP contribution in [0.3, 0.4) is 0 Å². The van der Waals surface area contributed by atoms with Crippen LogP contribution >= 0.6 is 0 Å². The molecule has 1 aromatic heterocycles. The van der Waals surface area contributed by atoms with E-state index in [1.807, 2.05) is 12.3 Å². The molecule has 2 nitrogen and oxygen atoms in total. The minimum Gasteiger partial charge on any atom is -0.361 e. The van der Waals surface area contributed by atoms with Gasteiger partial charge in [-0.25, -0.2) is 4.39 Å². The predicted octanol–water partition coefficient (Wildman–Crippen LogP) is 4.45. The van der Waals surface area contributed by atoms with Crippen molar-refractivity contribution in [3.8, 4) is 0 Å². The largest absolute Gasteiger partial charge is 0.361 e. The number of hydrogen-bond acceptors (Lipinski definition) is 1. The van der Waals surface area contributed by atoms with Crippen molar-refractivity contribution >= 4 is 10.9 Å². The summed E-state index contributed by atoms with van der Waals surface area (Å²) >= 11 is 0. The summed E-state index contributed by atoms with van der Waals surface area (Å²) in [5, 5.41) is 0.773. The Bertz CT molecular complexity index is 472. The van der Waals surface area contributed by atoms with Crippen LogP contribution in [0.4, 0.5) is 4.39 Å². The van der Waals surface area contributed by atoms with E-state index in [4.69, 9.17) is 0 Å². The molecule has 94 valence electrons. The molecular formula is C14H21FN2. The van der Waals surface area contributed by atoms with Gasteiger partial charge in [0.1, 0.15) is 5.82 Å². The molecule has 0 aliphatic rings. The van der Waals surface area contributed by atoms with E-state index in [0.29, 0.717) is 5.92 Å². The lowest BCUT2D eigenvalue weighted by Gasteiger charge is -2.11. The van der Waals surface area contributed by atoms with Crippen molar-refractivity contribution in [2.75, 3.05) is 0 Å². The first-order chi connectivity index (χ1) is 7.76. The first-order valence-corrected chi connectivity index (χ1v) is 6.00. The normalized spacial score (nSPS) is 10.8. The van der Waals surface area contributed by atoms with Crippen LogP contribution in [0.5, 0.6) is 0 Å². The number of halogens is 1. The van der Waals surface area contributed by atoms with Gasteiger partial charge in [0.25, 0.3) is 0 Å². The first-order valence-electron chi connectivity index (χ1n) is 6.00. The summed E-state index contributed by atoms with van der Waals surface area (Å²) in [6.45, 7) is 4.39. The topological polar surface area (TPSA) is 50.8 Å². The molecule has 0 amide bonds. The molecule has 0 radical (unpaired) electrons. The van der Waals surface area contributed by atoms with Gasteiger partial charge in [-0.3, -0.25) is 0 Å². The summed E-state index contributed by atoms with van der Waals surface area (Å²) in [4.78, 5) is 3.14. The van der Waals surface area contributed by atoms with Crippen LogP contribution in [0.25, 0.3) is 10.9 Å². The van der Waals surface area contributed by atoms with Crippen molar-refractivity contribution < 1.29 is 4.39 Å². The fourth-order valence-corrected chi connectivity index (χ4v) is 2.26. The van der Waals surface area contributed by atoms with Gasteiger partial charge in [0, 0.05) is 17.1 Å². The average molecular weight is 236 g/mol. The molecule has 0 atom stereocenters. The Morgan fingerprint density at radius 2 is 1.94 bits per heavy atom. The highest BCUT2D eigenvalue weighted by Crippen LogP contribution is 2.25. The molecule has 2 aromatic rings. The number of H-pyrrole nitrogens is 1. The van der Waals surface area contributed by atoms with Crippen molar-refractivity contribution in [3.05, 3.63) is 35.8 Å². The van der Waals surface area contributed by atoms with Gasteiger partial charge < -0.3 is 11.1 Å². The van der Waals surface area contributed by atoms with Crippen molar-refractivity contribution in [2.45, 2.75) is 33.1 Å². The molecule has 2 rings (SSSR count). The van der Waals surface area contributed by atoms with Gasteiger partial charge in [0.15, 0.2) is 0 Å². The number of benzene rings is 1. The quantitative estimate of drug-likeness (QED) is 0.809. The smallest absolute Gasteiger partial charge is 0.132 e. The Hall–Kier alpha value is -1.35. The number of hydrogen-bond donors (Lipinski definition) is 2. The van der Waals surface area contributed by atoms with E-state index in [-0.39, 0.29) is 12.0 Å². The molecular weight excluding hydrogens is 215 g/mol. The van der Waals surface area contributed by atoms with Crippen LogP contribution in [0.2, 0.25) is 0 Å². The minimum absolute atomic E-state index is 0. The monoisotopic (exact) mass is 236 g/mol. The highest BCUT2D eigenvalue weighted by atomic mass is 19.1. The van der Waals surface area contributed by atoms with Gasteiger partial charge in [-0.1, -0.05) is 32.8 Å². The summed E-state index contributed by atoms with van der Waals surface area (Å²) in [5.74, 6) is 0.540. The molecule has 1 heterocycles. The standard InChI is InChI=1S/C14H18FN.H3N/c1-3-10(4-2)8-11-9-16-13-7-5-6-12(15)14(11)13;/h5-7,9-10,16H,3-4,8H2,1-2H3;1H3. The van der Waals surface area contributed by atoms with Gasteiger partial charge >= 0.3 is 0 Å². The third kappa shape index (κ3) is 2.67. The Kier molecular flexibility index (Phi) is 4.70. The van der Waals surface area contributed by atoms with Crippen LogP contribution in [0, 0.1) is 11.7 Å². The molecule has 1 aromatic carbocycles. The summed E-state index contributed by atoms with van der Waals surface area (Å²) in [6.07, 6.45) is 5.22. The molecule has 0 aliphatic heterocycles. The zero-order chi connectivity index (χ0) is 11.5. The van der Waals surface area contributed by atoms with E-state index in [1.165, 1.54) is 6.07 Å². The zero-order valence-corrected chi connectivity index (χ0v) is 10.6. The van der Waals surface area contributed by atoms with Gasteiger partial charge in [-0.2, -0.15) is 0 Å². The second kappa shape index (κ2) is 5.82. The maximum Gasteiger partial charge on any atom is 0.132 e.